The van der Waals surface area contributed by atoms with E-state index in [0.717, 1.165) is 6.07 Å². The minimum absolute atomic E-state index is 0.0238. The molecule has 1 aliphatic rings. The summed E-state index contributed by atoms with van der Waals surface area (Å²) < 4.78 is 32.4. The molecule has 41 heavy (non-hydrogen) atoms. The average molecular weight is 624 g/mol. The third kappa shape index (κ3) is 4.73. The SMILES string of the molecule is CCOC(=O)[C@@H](C(=O)C(=O)Nc1c(F)cc(F)cc1Br)c1nc2ccc3c(c2[nH]c1=O)C(=O)c1ccccc1C3=O. The minimum Gasteiger partial charge on any atom is -0.465 e. The van der Waals surface area contributed by atoms with Gasteiger partial charge in [-0.25, -0.2) is 13.8 Å². The molecule has 0 unspecified atom stereocenters. The van der Waals surface area contributed by atoms with Crippen molar-refractivity contribution < 1.29 is 37.5 Å². The summed E-state index contributed by atoms with van der Waals surface area (Å²) in [4.78, 5) is 84.9. The smallest absolute Gasteiger partial charge is 0.323 e. The number of aromatic amines is 1. The van der Waals surface area contributed by atoms with Crippen molar-refractivity contribution >= 4 is 61.9 Å². The van der Waals surface area contributed by atoms with Gasteiger partial charge in [-0.15, -0.1) is 0 Å². The highest BCUT2D eigenvalue weighted by Gasteiger charge is 2.39. The molecule has 1 aliphatic carbocycles. The van der Waals surface area contributed by atoms with E-state index in [4.69, 9.17) is 4.74 Å². The number of H-pyrrole nitrogens is 1. The number of amides is 1. The van der Waals surface area contributed by atoms with Crippen LogP contribution in [0.4, 0.5) is 14.5 Å². The maximum absolute atomic E-state index is 14.3. The van der Waals surface area contributed by atoms with Gasteiger partial charge in [0.1, 0.15) is 11.5 Å². The largest absolute Gasteiger partial charge is 0.465 e. The monoisotopic (exact) mass is 623 g/mol. The van der Waals surface area contributed by atoms with Crippen molar-refractivity contribution in [2.75, 3.05) is 11.9 Å². The fourth-order valence-corrected chi connectivity index (χ4v) is 4.99. The van der Waals surface area contributed by atoms with Crippen LogP contribution in [-0.4, -0.2) is 45.8 Å². The number of nitrogens with one attached hydrogen (secondary N) is 2. The zero-order valence-corrected chi connectivity index (χ0v) is 22.4. The molecule has 0 fully saturated rings. The van der Waals surface area contributed by atoms with Crippen LogP contribution in [0.15, 0.2) is 57.8 Å². The van der Waals surface area contributed by atoms with Crippen molar-refractivity contribution in [2.45, 2.75) is 12.8 Å². The van der Waals surface area contributed by atoms with E-state index in [1.54, 1.807) is 12.1 Å². The summed E-state index contributed by atoms with van der Waals surface area (Å²) in [6, 6.07) is 10.1. The number of anilines is 1. The summed E-state index contributed by atoms with van der Waals surface area (Å²) in [6.45, 7) is 1.20. The highest BCUT2D eigenvalue weighted by molar-refractivity contribution is 9.10. The molecule has 1 heterocycles. The van der Waals surface area contributed by atoms with Gasteiger partial charge in [-0.2, -0.15) is 0 Å². The zero-order valence-electron chi connectivity index (χ0n) is 20.8. The number of halogens is 3. The first-order valence-electron chi connectivity index (χ1n) is 11.9. The molecule has 0 radical (unpaired) electrons. The third-order valence-corrected chi connectivity index (χ3v) is 6.94. The Labute approximate surface area is 236 Å². The summed E-state index contributed by atoms with van der Waals surface area (Å²) in [5.74, 6) is -9.67. The van der Waals surface area contributed by atoms with Crippen LogP contribution in [-0.2, 0) is 19.1 Å². The highest BCUT2D eigenvalue weighted by atomic mass is 79.9. The van der Waals surface area contributed by atoms with Crippen molar-refractivity contribution in [2.24, 2.45) is 0 Å². The zero-order chi connectivity index (χ0) is 29.6. The van der Waals surface area contributed by atoms with E-state index in [2.05, 4.69) is 25.9 Å². The number of Topliss-reactive ketones (excluding diaryl/α,β-unsaturated/α-hetero) is 1. The molecule has 1 aromatic heterocycles. The lowest BCUT2D eigenvalue weighted by Gasteiger charge is -2.19. The molecule has 1 atom stereocenters. The summed E-state index contributed by atoms with van der Waals surface area (Å²) in [6.07, 6.45) is 0. The number of carbonyl (C=O) groups is 5. The average Bonchev–Trinajstić information content (AvgIpc) is 2.93. The van der Waals surface area contributed by atoms with Crippen LogP contribution in [0.5, 0.6) is 0 Å². The van der Waals surface area contributed by atoms with Gasteiger partial charge in [0.2, 0.25) is 5.78 Å². The molecule has 0 aliphatic heterocycles. The maximum Gasteiger partial charge on any atom is 0.323 e. The predicted octanol–water partition coefficient (Wildman–Crippen LogP) is 3.59. The topological polar surface area (TPSA) is 152 Å². The first-order valence-corrected chi connectivity index (χ1v) is 12.7. The molecule has 5 rings (SSSR count). The van der Waals surface area contributed by atoms with Gasteiger partial charge < -0.3 is 15.0 Å². The van der Waals surface area contributed by atoms with Crippen molar-refractivity contribution in [1.29, 1.82) is 0 Å². The summed E-state index contributed by atoms with van der Waals surface area (Å²) in [7, 11) is 0. The van der Waals surface area contributed by atoms with Crippen LogP contribution in [0.2, 0.25) is 0 Å². The summed E-state index contributed by atoms with van der Waals surface area (Å²) in [5, 5.41) is 1.96. The Morgan fingerprint density at radius 1 is 1.00 bits per heavy atom. The Kier molecular flexibility index (Phi) is 7.13. The highest BCUT2D eigenvalue weighted by Crippen LogP contribution is 2.32. The van der Waals surface area contributed by atoms with Gasteiger partial charge >= 0.3 is 5.97 Å². The van der Waals surface area contributed by atoms with Crippen LogP contribution < -0.4 is 10.9 Å². The Balaban J connectivity index is 1.60. The molecule has 0 saturated heterocycles. The second-order valence-corrected chi connectivity index (χ2v) is 9.64. The number of ketones is 3. The number of fused-ring (bicyclic) bond motifs is 4. The quantitative estimate of drug-likeness (QED) is 0.165. The number of ether oxygens (including phenoxy) is 1. The van der Waals surface area contributed by atoms with Gasteiger partial charge in [-0.3, -0.25) is 28.8 Å². The summed E-state index contributed by atoms with van der Waals surface area (Å²) in [5.41, 5.74) is -2.37. The van der Waals surface area contributed by atoms with E-state index in [1.807, 2.05) is 5.32 Å². The van der Waals surface area contributed by atoms with Crippen LogP contribution in [0, 0.1) is 11.6 Å². The first-order chi connectivity index (χ1) is 19.5. The van der Waals surface area contributed by atoms with Gasteiger partial charge in [-0.1, -0.05) is 24.3 Å². The van der Waals surface area contributed by atoms with Crippen LogP contribution in [0.25, 0.3) is 11.0 Å². The Hall–Kier alpha value is -4.91. The lowest BCUT2D eigenvalue weighted by Crippen LogP contribution is -2.37. The second-order valence-electron chi connectivity index (χ2n) is 8.79. The van der Waals surface area contributed by atoms with Gasteiger partial charge in [0.15, 0.2) is 23.3 Å². The van der Waals surface area contributed by atoms with Gasteiger partial charge in [0.05, 0.1) is 28.9 Å². The van der Waals surface area contributed by atoms with Crippen LogP contribution in [0.3, 0.4) is 0 Å². The van der Waals surface area contributed by atoms with E-state index >= 15 is 0 Å². The number of esters is 1. The van der Waals surface area contributed by atoms with Crippen molar-refractivity contribution in [3.05, 3.63) is 103 Å². The lowest BCUT2D eigenvalue weighted by atomic mass is 9.83. The minimum atomic E-state index is -2.18. The molecule has 3 aromatic carbocycles. The van der Waals surface area contributed by atoms with Crippen molar-refractivity contribution in [3.8, 4) is 0 Å². The molecular formula is C28H16BrF2N3O7. The lowest BCUT2D eigenvalue weighted by molar-refractivity contribution is -0.150. The normalized spacial score (nSPS) is 12.9. The van der Waals surface area contributed by atoms with E-state index < -0.39 is 63.7 Å². The number of hydrogen-bond acceptors (Lipinski definition) is 8. The maximum atomic E-state index is 14.3. The standard InChI is InChI=1S/C28H16BrF2N3O7/c1-2-41-28(40)19(25(37)27(39)33-20-15(29)9-11(30)10-16(20)31)22-26(38)34-21-17(32-22)8-7-14-18(21)24(36)13-6-4-3-5-12(13)23(14)35/h3-10,19H,2H2,1H3,(H,33,39)(H,34,38)/t19-/m1/s1. The van der Waals surface area contributed by atoms with E-state index in [9.17, 15) is 37.5 Å². The Morgan fingerprint density at radius 2 is 1.68 bits per heavy atom. The molecule has 10 nitrogen and oxygen atoms in total. The molecule has 2 N–H and O–H groups in total. The molecule has 4 aromatic rings. The molecule has 1 amide bonds. The fourth-order valence-electron chi connectivity index (χ4n) is 4.49. The van der Waals surface area contributed by atoms with E-state index in [1.165, 1.54) is 31.2 Å². The first kappa shape index (κ1) is 27.6. The molecular weight excluding hydrogens is 608 g/mol. The molecule has 206 valence electrons. The number of hydrogen-bond donors (Lipinski definition) is 2. The second kappa shape index (κ2) is 10.6. The molecule has 0 saturated carbocycles. The van der Waals surface area contributed by atoms with Crippen molar-refractivity contribution in [3.63, 3.8) is 0 Å². The number of carbonyl (C=O) groups excluding carboxylic acids is 5. The van der Waals surface area contributed by atoms with Crippen LogP contribution >= 0.6 is 15.9 Å². The fraction of sp³-hybridized carbons (Fsp3) is 0.107. The third-order valence-electron chi connectivity index (χ3n) is 6.31. The number of benzene rings is 3. The van der Waals surface area contributed by atoms with E-state index in [-0.39, 0.29) is 44.4 Å². The van der Waals surface area contributed by atoms with Crippen LogP contribution in [0.1, 0.15) is 50.4 Å². The molecule has 13 heteroatoms. The van der Waals surface area contributed by atoms with E-state index in [0.29, 0.717) is 6.07 Å². The number of rotatable bonds is 6. The Bertz CT molecular complexity index is 1880. The Morgan fingerprint density at radius 3 is 2.34 bits per heavy atom. The van der Waals surface area contributed by atoms with Crippen molar-refractivity contribution in [1.82, 2.24) is 9.97 Å². The number of nitrogens with zero attached hydrogens (tertiary/aromatic N) is 1. The van der Waals surface area contributed by atoms with Gasteiger partial charge in [0.25, 0.3) is 11.5 Å². The molecule has 0 spiro atoms. The van der Waals surface area contributed by atoms with Gasteiger partial charge in [-0.05, 0) is 41.1 Å². The predicted molar refractivity (Wildman–Crippen MR) is 143 cm³/mol. The molecule has 0 bridgehead atoms. The van der Waals surface area contributed by atoms with Gasteiger partial charge in [0, 0.05) is 27.2 Å². The summed E-state index contributed by atoms with van der Waals surface area (Å²) >= 11 is 2.88. The number of aromatic nitrogens is 2.